The van der Waals surface area contributed by atoms with E-state index in [0.29, 0.717) is 60.5 Å². The van der Waals surface area contributed by atoms with Crippen molar-refractivity contribution in [3.8, 4) is 11.3 Å². The maximum Gasteiger partial charge on any atom is 0.323 e. The first-order chi connectivity index (χ1) is 19.2. The van der Waals surface area contributed by atoms with Crippen LogP contribution in [0.1, 0.15) is 24.4 Å². The van der Waals surface area contributed by atoms with Crippen molar-refractivity contribution in [2.45, 2.75) is 25.8 Å². The van der Waals surface area contributed by atoms with Gasteiger partial charge in [0, 0.05) is 24.3 Å². The van der Waals surface area contributed by atoms with E-state index >= 15 is 4.39 Å². The molecule has 40 heavy (non-hydrogen) atoms. The summed E-state index contributed by atoms with van der Waals surface area (Å²) in [4.78, 5) is 37.2. The van der Waals surface area contributed by atoms with Crippen LogP contribution in [-0.4, -0.2) is 75.2 Å². The summed E-state index contributed by atoms with van der Waals surface area (Å²) in [5.74, 6) is -0.287. The summed E-state index contributed by atoms with van der Waals surface area (Å²) in [6.45, 7) is 3.50. The molecular weight excluding hydrogens is 513 g/mol. The van der Waals surface area contributed by atoms with Gasteiger partial charge in [-0.2, -0.15) is 5.10 Å². The van der Waals surface area contributed by atoms with Gasteiger partial charge in [0.15, 0.2) is 5.65 Å². The van der Waals surface area contributed by atoms with Crippen LogP contribution >= 0.6 is 0 Å². The number of aryl methyl sites for hydroxylation is 1. The average Bonchev–Trinajstić information content (AvgIpc) is 3.30. The zero-order chi connectivity index (χ0) is 28.4. The molecule has 4 N–H and O–H groups in total. The third kappa shape index (κ3) is 5.71. The molecule has 0 aliphatic carbocycles. The number of nitrogens with two attached hydrogens (primary N) is 1. The molecule has 0 saturated carbocycles. The lowest BCUT2D eigenvalue weighted by Gasteiger charge is -2.32. The van der Waals surface area contributed by atoms with Gasteiger partial charge in [0.2, 0.25) is 5.91 Å². The fraction of sp³-hybridized carbons (Fsp3) is 0.321. The van der Waals surface area contributed by atoms with Gasteiger partial charge in [-0.15, -0.1) is 0 Å². The van der Waals surface area contributed by atoms with E-state index in [1.54, 1.807) is 12.1 Å². The highest BCUT2D eigenvalue weighted by Gasteiger charge is 2.28. The van der Waals surface area contributed by atoms with Crippen molar-refractivity contribution in [2.24, 2.45) is 0 Å². The number of benzene rings is 2. The maximum absolute atomic E-state index is 15.2. The molecule has 2 aromatic carbocycles. The molecule has 1 fully saturated rings. The van der Waals surface area contributed by atoms with Crippen LogP contribution in [0.5, 0.6) is 0 Å². The molecule has 5 rings (SSSR count). The number of nitrogen functional groups attached to an aromatic ring is 1. The van der Waals surface area contributed by atoms with Crippen molar-refractivity contribution in [2.75, 3.05) is 50.1 Å². The Hall–Kier alpha value is -4.58. The number of carbonyl (C=O) groups is 2. The van der Waals surface area contributed by atoms with Crippen LogP contribution in [0, 0.1) is 12.7 Å². The van der Waals surface area contributed by atoms with Crippen LogP contribution in [0.4, 0.5) is 26.4 Å². The summed E-state index contributed by atoms with van der Waals surface area (Å²) in [6.07, 6.45) is 2.79. The molecule has 0 spiro atoms. The van der Waals surface area contributed by atoms with Crippen LogP contribution in [0.25, 0.3) is 22.3 Å². The number of amides is 3. The van der Waals surface area contributed by atoms with Gasteiger partial charge < -0.3 is 26.2 Å². The second kappa shape index (κ2) is 11.3. The molecular formula is C28H32FN9O2. The second-order valence-corrected chi connectivity index (χ2v) is 10.2. The minimum atomic E-state index is -0.622. The number of halogens is 1. The van der Waals surface area contributed by atoms with Gasteiger partial charge in [0.1, 0.15) is 23.7 Å². The number of rotatable bonds is 6. The average molecular weight is 546 g/mol. The molecule has 0 bridgehead atoms. The monoisotopic (exact) mass is 545 g/mol. The molecule has 1 saturated heterocycles. The first kappa shape index (κ1) is 27.0. The van der Waals surface area contributed by atoms with E-state index in [1.165, 1.54) is 18.5 Å². The molecule has 3 amide bonds. The van der Waals surface area contributed by atoms with Crippen LogP contribution < -0.4 is 16.4 Å². The molecule has 11 nitrogen and oxygen atoms in total. The molecule has 0 atom stereocenters. The predicted molar refractivity (Wildman–Crippen MR) is 152 cm³/mol. The number of hydrogen-bond donors (Lipinski definition) is 3. The minimum Gasteiger partial charge on any atom is -0.383 e. The van der Waals surface area contributed by atoms with Crippen molar-refractivity contribution < 1.29 is 14.0 Å². The molecule has 1 aliphatic rings. The van der Waals surface area contributed by atoms with Crippen molar-refractivity contribution >= 4 is 40.2 Å². The standard InChI is InChI=1S/C28H32FN9O2/c1-17-5-4-6-19(13-17)33-28(40)34-22-8-7-18(14-21(22)29)25-24-26(30)31-16-32-27(24)38(35-25)20-9-11-37(12-10-20)23(39)15-36(2)3/h4-8,13-14,16,20H,9-12,15H2,1-3H3,(H2,30,31,32)(H2,33,34,40). The quantitative estimate of drug-likeness (QED) is 0.335. The first-order valence-corrected chi connectivity index (χ1v) is 13.1. The van der Waals surface area contributed by atoms with E-state index in [0.717, 1.165) is 5.56 Å². The zero-order valence-corrected chi connectivity index (χ0v) is 22.7. The van der Waals surface area contributed by atoms with E-state index in [-0.39, 0.29) is 23.5 Å². The molecule has 3 heterocycles. The molecule has 4 aromatic rings. The van der Waals surface area contributed by atoms with E-state index in [2.05, 4.69) is 20.6 Å². The van der Waals surface area contributed by atoms with Crippen molar-refractivity contribution in [1.82, 2.24) is 29.5 Å². The molecule has 0 radical (unpaired) electrons. The Balaban J connectivity index is 1.37. The highest BCUT2D eigenvalue weighted by molar-refractivity contribution is 6.01. The lowest BCUT2D eigenvalue weighted by atomic mass is 10.1. The normalized spacial score (nSPS) is 14.1. The summed E-state index contributed by atoms with van der Waals surface area (Å²) in [5, 5.41) is 10.6. The van der Waals surface area contributed by atoms with Gasteiger partial charge in [-0.05, 0) is 63.7 Å². The fourth-order valence-electron chi connectivity index (χ4n) is 4.95. The summed E-state index contributed by atoms with van der Waals surface area (Å²) in [7, 11) is 3.75. The van der Waals surface area contributed by atoms with Crippen molar-refractivity contribution in [1.29, 1.82) is 0 Å². The molecule has 0 unspecified atom stereocenters. The number of fused-ring (bicyclic) bond motifs is 1. The topological polar surface area (TPSA) is 134 Å². The van der Waals surface area contributed by atoms with Crippen LogP contribution in [-0.2, 0) is 4.79 Å². The SMILES string of the molecule is Cc1cccc(NC(=O)Nc2ccc(-c3nn(C4CCN(C(=O)CN(C)C)CC4)c4ncnc(N)c34)cc2F)c1. The van der Waals surface area contributed by atoms with Crippen LogP contribution in [0.2, 0.25) is 0 Å². The van der Waals surface area contributed by atoms with Crippen molar-refractivity contribution in [3.05, 3.63) is 60.2 Å². The van der Waals surface area contributed by atoms with E-state index in [4.69, 9.17) is 10.8 Å². The summed E-state index contributed by atoms with van der Waals surface area (Å²) >= 11 is 0. The first-order valence-electron chi connectivity index (χ1n) is 13.1. The summed E-state index contributed by atoms with van der Waals surface area (Å²) in [6, 6.07) is 11.2. The Bertz CT molecular complexity index is 1560. The molecule has 2 aromatic heterocycles. The number of likely N-dealkylation sites (tertiary alicyclic amines) is 1. The number of aromatic nitrogens is 4. The molecule has 1 aliphatic heterocycles. The van der Waals surface area contributed by atoms with Gasteiger partial charge in [0.25, 0.3) is 0 Å². The third-order valence-corrected chi connectivity index (χ3v) is 6.90. The number of nitrogens with zero attached hydrogens (tertiary/aromatic N) is 6. The second-order valence-electron chi connectivity index (χ2n) is 10.2. The van der Waals surface area contributed by atoms with Gasteiger partial charge in [-0.3, -0.25) is 4.79 Å². The molecule has 12 heteroatoms. The number of likely N-dealkylation sites (N-methyl/N-ethyl adjacent to an activating group) is 1. The van der Waals surface area contributed by atoms with Gasteiger partial charge >= 0.3 is 6.03 Å². The lowest BCUT2D eigenvalue weighted by Crippen LogP contribution is -2.43. The smallest absolute Gasteiger partial charge is 0.323 e. The van der Waals surface area contributed by atoms with Crippen LogP contribution in [0.3, 0.4) is 0 Å². The number of anilines is 3. The fourth-order valence-corrected chi connectivity index (χ4v) is 4.95. The Labute approximate surface area is 231 Å². The highest BCUT2D eigenvalue weighted by Crippen LogP contribution is 2.35. The largest absolute Gasteiger partial charge is 0.383 e. The number of carbonyl (C=O) groups excluding carboxylic acids is 2. The third-order valence-electron chi connectivity index (χ3n) is 6.90. The Morgan fingerprint density at radius 3 is 2.58 bits per heavy atom. The van der Waals surface area contributed by atoms with E-state index in [9.17, 15) is 9.59 Å². The number of hydrogen-bond acceptors (Lipinski definition) is 7. The number of piperidine rings is 1. The van der Waals surface area contributed by atoms with E-state index < -0.39 is 11.8 Å². The van der Waals surface area contributed by atoms with Crippen molar-refractivity contribution in [3.63, 3.8) is 0 Å². The number of nitrogens with one attached hydrogen (secondary N) is 2. The van der Waals surface area contributed by atoms with Crippen LogP contribution in [0.15, 0.2) is 48.8 Å². The summed E-state index contributed by atoms with van der Waals surface area (Å²) < 4.78 is 17.0. The zero-order valence-electron chi connectivity index (χ0n) is 22.7. The lowest BCUT2D eigenvalue weighted by molar-refractivity contribution is -0.133. The van der Waals surface area contributed by atoms with Gasteiger partial charge in [-0.1, -0.05) is 18.2 Å². The Morgan fingerprint density at radius 1 is 1.10 bits per heavy atom. The minimum absolute atomic E-state index is 0.00920. The molecule has 208 valence electrons. The Kier molecular flexibility index (Phi) is 7.60. The Morgan fingerprint density at radius 2 is 1.88 bits per heavy atom. The highest BCUT2D eigenvalue weighted by atomic mass is 19.1. The summed E-state index contributed by atoms with van der Waals surface area (Å²) in [5.41, 5.74) is 9.35. The van der Waals surface area contributed by atoms with Gasteiger partial charge in [0.05, 0.1) is 23.7 Å². The number of urea groups is 1. The maximum atomic E-state index is 15.2. The predicted octanol–water partition coefficient (Wildman–Crippen LogP) is 3.89. The van der Waals surface area contributed by atoms with E-state index in [1.807, 2.05) is 53.7 Å². The van der Waals surface area contributed by atoms with Gasteiger partial charge in [-0.25, -0.2) is 23.8 Å².